The molecule has 0 amide bonds. The van der Waals surface area contributed by atoms with Gasteiger partial charge in [0, 0.05) is 29.5 Å². The Balaban J connectivity index is 1.70. The maximum absolute atomic E-state index is 5.40. The van der Waals surface area contributed by atoms with E-state index in [-0.39, 0.29) is 6.04 Å². The van der Waals surface area contributed by atoms with E-state index in [4.69, 9.17) is 9.47 Å². The first-order chi connectivity index (χ1) is 9.74. The summed E-state index contributed by atoms with van der Waals surface area (Å²) in [5.74, 6) is 1.60. The van der Waals surface area contributed by atoms with E-state index in [0.717, 1.165) is 28.1 Å². The Morgan fingerprint density at radius 3 is 2.90 bits per heavy atom. The zero-order valence-electron chi connectivity index (χ0n) is 11.1. The lowest BCUT2D eigenvalue weighted by Gasteiger charge is -2.15. The van der Waals surface area contributed by atoms with E-state index in [1.54, 1.807) is 6.20 Å². The third-order valence-corrected chi connectivity index (χ3v) is 4.06. The van der Waals surface area contributed by atoms with Crippen molar-refractivity contribution in [1.82, 2.24) is 10.3 Å². The Bertz CT molecular complexity index is 604. The van der Waals surface area contributed by atoms with Crippen LogP contribution in [0.3, 0.4) is 0 Å². The summed E-state index contributed by atoms with van der Waals surface area (Å²) in [7, 11) is 0. The van der Waals surface area contributed by atoms with Gasteiger partial charge >= 0.3 is 0 Å². The van der Waals surface area contributed by atoms with Crippen LogP contribution in [0.4, 0.5) is 0 Å². The second kappa shape index (κ2) is 5.81. The topological polar surface area (TPSA) is 43.4 Å². The van der Waals surface area contributed by atoms with Crippen molar-refractivity contribution in [2.45, 2.75) is 19.5 Å². The lowest BCUT2D eigenvalue weighted by molar-refractivity contribution is 0.174. The van der Waals surface area contributed by atoms with Crippen molar-refractivity contribution in [3.05, 3.63) is 52.3 Å². The van der Waals surface area contributed by atoms with Crippen molar-refractivity contribution in [3.63, 3.8) is 0 Å². The van der Waals surface area contributed by atoms with Crippen molar-refractivity contribution in [3.8, 4) is 11.5 Å². The second-order valence-electron chi connectivity index (χ2n) is 4.69. The van der Waals surface area contributed by atoms with Crippen molar-refractivity contribution in [1.29, 1.82) is 0 Å². The number of nitrogens with zero attached hydrogens (tertiary/aromatic N) is 1. The molecule has 0 aliphatic carbocycles. The third kappa shape index (κ3) is 2.78. The molecule has 20 heavy (non-hydrogen) atoms. The predicted molar refractivity (Wildman–Crippen MR) is 79.8 cm³/mol. The minimum atomic E-state index is 0.237. The molecule has 5 heteroatoms. The van der Waals surface area contributed by atoms with Gasteiger partial charge in [0.05, 0.1) is 0 Å². The Kier molecular flexibility index (Phi) is 3.89. The highest BCUT2D eigenvalue weighted by Crippen LogP contribution is 2.37. The normalized spacial score (nSPS) is 14.3. The lowest BCUT2D eigenvalue weighted by Crippen LogP contribution is -2.18. The van der Waals surface area contributed by atoms with Crippen LogP contribution in [0.1, 0.15) is 24.1 Å². The number of ether oxygens (including phenoxy) is 2. The fraction of sp³-hybridized carbons (Fsp3) is 0.267. The molecule has 0 bridgehead atoms. The van der Waals surface area contributed by atoms with E-state index < -0.39 is 0 Å². The molecule has 0 saturated heterocycles. The van der Waals surface area contributed by atoms with Crippen molar-refractivity contribution in [2.24, 2.45) is 0 Å². The number of benzene rings is 1. The molecule has 0 radical (unpaired) electrons. The zero-order valence-corrected chi connectivity index (χ0v) is 12.7. The lowest BCUT2D eigenvalue weighted by atomic mass is 10.1. The Labute approximate surface area is 126 Å². The standard InChI is InChI=1S/C15H15BrN2O2/c1-10(11-3-2-4-17-7-11)18-8-12-5-14-15(6-13(12)16)20-9-19-14/h2-7,10,18H,8-9H2,1H3/t10-/m0/s1. The average Bonchev–Trinajstić information content (AvgIpc) is 2.92. The van der Waals surface area contributed by atoms with Crippen LogP contribution >= 0.6 is 15.9 Å². The Morgan fingerprint density at radius 2 is 2.15 bits per heavy atom. The second-order valence-corrected chi connectivity index (χ2v) is 5.54. The Morgan fingerprint density at radius 1 is 1.35 bits per heavy atom. The van der Waals surface area contributed by atoms with Gasteiger partial charge in [-0.2, -0.15) is 0 Å². The van der Waals surface area contributed by atoms with E-state index in [0.29, 0.717) is 6.79 Å². The smallest absolute Gasteiger partial charge is 0.231 e. The zero-order chi connectivity index (χ0) is 13.9. The van der Waals surface area contributed by atoms with Gasteiger partial charge in [-0.25, -0.2) is 0 Å². The van der Waals surface area contributed by atoms with Gasteiger partial charge in [0.15, 0.2) is 11.5 Å². The largest absolute Gasteiger partial charge is 0.454 e. The van der Waals surface area contributed by atoms with Crippen LogP contribution in [0.15, 0.2) is 41.1 Å². The number of aromatic nitrogens is 1. The number of pyridine rings is 1. The van der Waals surface area contributed by atoms with Crippen LogP contribution in [-0.2, 0) is 6.54 Å². The van der Waals surface area contributed by atoms with Crippen LogP contribution in [0.25, 0.3) is 0 Å². The Hall–Kier alpha value is -1.59. The summed E-state index contributed by atoms with van der Waals surface area (Å²) in [5, 5.41) is 3.48. The molecular formula is C15H15BrN2O2. The summed E-state index contributed by atoms with van der Waals surface area (Å²) in [6, 6.07) is 8.22. The highest BCUT2D eigenvalue weighted by atomic mass is 79.9. The molecule has 2 heterocycles. The number of hydrogen-bond donors (Lipinski definition) is 1. The summed E-state index contributed by atoms with van der Waals surface area (Å²) < 4.78 is 11.8. The molecule has 1 aromatic heterocycles. The fourth-order valence-corrected chi connectivity index (χ4v) is 2.57. The molecule has 1 atom stereocenters. The summed E-state index contributed by atoms with van der Waals surface area (Å²) in [4.78, 5) is 4.14. The van der Waals surface area contributed by atoms with Crippen molar-refractivity contribution < 1.29 is 9.47 Å². The fourth-order valence-electron chi connectivity index (χ4n) is 2.11. The number of nitrogens with one attached hydrogen (secondary N) is 1. The summed E-state index contributed by atoms with van der Waals surface area (Å²) >= 11 is 3.57. The van der Waals surface area contributed by atoms with Gasteiger partial charge in [-0.1, -0.05) is 22.0 Å². The van der Waals surface area contributed by atoms with Gasteiger partial charge in [0.2, 0.25) is 6.79 Å². The molecule has 2 aromatic rings. The highest BCUT2D eigenvalue weighted by Gasteiger charge is 2.16. The SMILES string of the molecule is C[C@H](NCc1cc2c(cc1Br)OCO2)c1cccnc1. The third-order valence-electron chi connectivity index (χ3n) is 3.32. The van der Waals surface area contributed by atoms with Crippen LogP contribution in [-0.4, -0.2) is 11.8 Å². The van der Waals surface area contributed by atoms with Crippen LogP contribution in [0, 0.1) is 0 Å². The van der Waals surface area contributed by atoms with Gasteiger partial charge < -0.3 is 14.8 Å². The molecule has 1 aromatic carbocycles. The van der Waals surface area contributed by atoms with Crippen molar-refractivity contribution >= 4 is 15.9 Å². The number of halogens is 1. The summed E-state index contributed by atoms with van der Waals surface area (Å²) in [6.07, 6.45) is 3.66. The quantitative estimate of drug-likeness (QED) is 0.930. The van der Waals surface area contributed by atoms with Crippen LogP contribution < -0.4 is 14.8 Å². The van der Waals surface area contributed by atoms with E-state index in [2.05, 4.69) is 39.2 Å². The predicted octanol–water partition coefficient (Wildman–Crippen LogP) is 3.42. The molecule has 1 aliphatic heterocycles. The molecular weight excluding hydrogens is 320 g/mol. The molecule has 0 saturated carbocycles. The monoisotopic (exact) mass is 334 g/mol. The van der Waals surface area contributed by atoms with E-state index >= 15 is 0 Å². The molecule has 4 nitrogen and oxygen atoms in total. The number of hydrogen-bond acceptors (Lipinski definition) is 4. The molecule has 1 N–H and O–H groups in total. The summed E-state index contributed by atoms with van der Waals surface area (Å²) in [5.41, 5.74) is 2.31. The maximum atomic E-state index is 5.40. The minimum Gasteiger partial charge on any atom is -0.454 e. The van der Waals surface area contributed by atoms with Crippen LogP contribution in [0.5, 0.6) is 11.5 Å². The van der Waals surface area contributed by atoms with E-state index in [1.807, 2.05) is 24.4 Å². The van der Waals surface area contributed by atoms with E-state index in [9.17, 15) is 0 Å². The summed E-state index contributed by atoms with van der Waals surface area (Å²) in [6.45, 7) is 3.16. The van der Waals surface area contributed by atoms with Gasteiger partial charge in [-0.05, 0) is 36.2 Å². The maximum Gasteiger partial charge on any atom is 0.231 e. The molecule has 0 unspecified atom stereocenters. The van der Waals surface area contributed by atoms with Gasteiger partial charge in [0.1, 0.15) is 0 Å². The molecule has 0 fully saturated rings. The average molecular weight is 335 g/mol. The molecule has 1 aliphatic rings. The first kappa shape index (κ1) is 13.4. The number of rotatable bonds is 4. The first-order valence-electron chi connectivity index (χ1n) is 6.45. The van der Waals surface area contributed by atoms with Gasteiger partial charge in [0.25, 0.3) is 0 Å². The van der Waals surface area contributed by atoms with Gasteiger partial charge in [-0.3, -0.25) is 4.98 Å². The van der Waals surface area contributed by atoms with Gasteiger partial charge in [-0.15, -0.1) is 0 Å². The molecule has 3 rings (SSSR count). The molecule has 104 valence electrons. The minimum absolute atomic E-state index is 0.237. The number of fused-ring (bicyclic) bond motifs is 1. The van der Waals surface area contributed by atoms with E-state index in [1.165, 1.54) is 5.56 Å². The van der Waals surface area contributed by atoms with Crippen molar-refractivity contribution in [2.75, 3.05) is 6.79 Å². The first-order valence-corrected chi connectivity index (χ1v) is 7.24. The van der Waals surface area contributed by atoms with Crippen LogP contribution in [0.2, 0.25) is 0 Å². The molecule has 0 spiro atoms. The highest BCUT2D eigenvalue weighted by molar-refractivity contribution is 9.10.